The molecular weight excluding hydrogens is 376 g/mol. The lowest BCUT2D eigenvalue weighted by Crippen LogP contribution is -2.48. The largest absolute Gasteiger partial charge is 0.496 e. The average molecular weight is 400 g/mol. The van der Waals surface area contributed by atoms with Crippen molar-refractivity contribution in [1.29, 1.82) is 0 Å². The van der Waals surface area contributed by atoms with Crippen LogP contribution >= 0.6 is 0 Å². The fourth-order valence-electron chi connectivity index (χ4n) is 3.86. The van der Waals surface area contributed by atoms with Crippen molar-refractivity contribution in [3.63, 3.8) is 0 Å². The van der Waals surface area contributed by atoms with Crippen LogP contribution in [0.2, 0.25) is 0 Å². The van der Waals surface area contributed by atoms with Crippen LogP contribution in [0, 0.1) is 0 Å². The van der Waals surface area contributed by atoms with E-state index in [1.165, 1.54) is 0 Å². The van der Waals surface area contributed by atoms with Gasteiger partial charge in [0.05, 0.1) is 7.11 Å². The molecule has 5 heteroatoms. The smallest absolute Gasteiger partial charge is 0.255 e. The number of hydrogen-bond acceptors (Lipinski definition) is 3. The molecule has 5 nitrogen and oxygen atoms in total. The van der Waals surface area contributed by atoms with Crippen LogP contribution in [-0.4, -0.2) is 29.9 Å². The Morgan fingerprint density at radius 2 is 1.70 bits per heavy atom. The number of rotatable bonds is 7. The summed E-state index contributed by atoms with van der Waals surface area (Å²) < 4.78 is 5.38. The van der Waals surface area contributed by atoms with E-state index in [-0.39, 0.29) is 11.8 Å². The molecular formula is C25H24N2O3. The molecule has 3 aromatic rings. The number of hydrogen-bond donors (Lipinski definition) is 1. The summed E-state index contributed by atoms with van der Waals surface area (Å²) in [5.41, 5.74) is 3.53. The van der Waals surface area contributed by atoms with Crippen molar-refractivity contribution in [3.8, 4) is 5.75 Å². The first-order valence-electron chi connectivity index (χ1n) is 10.00. The van der Waals surface area contributed by atoms with Crippen LogP contribution in [0.4, 0.5) is 0 Å². The number of ether oxygens (including phenoxy) is 1. The number of fused-ring (bicyclic) bond motifs is 1. The summed E-state index contributed by atoms with van der Waals surface area (Å²) in [7, 11) is 1.61. The number of para-hydroxylation sites is 1. The Morgan fingerprint density at radius 1 is 1.00 bits per heavy atom. The Hall–Kier alpha value is -3.60. The van der Waals surface area contributed by atoms with E-state index >= 15 is 0 Å². The number of nitrogens with zero attached hydrogens (tertiary/aromatic N) is 1. The first-order chi connectivity index (χ1) is 14.7. The van der Waals surface area contributed by atoms with Crippen LogP contribution in [0.1, 0.15) is 27.0 Å². The average Bonchev–Trinajstić information content (AvgIpc) is 3.13. The Morgan fingerprint density at radius 3 is 2.47 bits per heavy atom. The number of carbonyl (C=O) groups is 2. The molecule has 4 rings (SSSR count). The fourth-order valence-corrected chi connectivity index (χ4v) is 3.86. The van der Waals surface area contributed by atoms with Crippen molar-refractivity contribution in [1.82, 2.24) is 10.2 Å². The summed E-state index contributed by atoms with van der Waals surface area (Å²) >= 11 is 0. The van der Waals surface area contributed by atoms with Crippen LogP contribution in [0.15, 0.2) is 78.9 Å². The standard InChI is InChI=1S/C25H24N2O3/c1-30-23-14-8-6-11-19(23)16-26-24(28)22(15-18-9-3-2-4-10-18)27-17-20-12-5-7-13-21(20)25(27)29/h2-14,22H,15-17H2,1H3,(H,26,28)/t22-/m0/s1. The van der Waals surface area contributed by atoms with Gasteiger partial charge in [0.25, 0.3) is 5.91 Å². The second-order valence-electron chi connectivity index (χ2n) is 7.33. The summed E-state index contributed by atoms with van der Waals surface area (Å²) in [6.07, 6.45) is 0.457. The molecule has 1 aliphatic rings. The van der Waals surface area contributed by atoms with Crippen molar-refractivity contribution in [2.45, 2.75) is 25.6 Å². The van der Waals surface area contributed by atoms with E-state index in [9.17, 15) is 9.59 Å². The van der Waals surface area contributed by atoms with Crippen LogP contribution in [0.25, 0.3) is 0 Å². The van der Waals surface area contributed by atoms with Crippen molar-refractivity contribution < 1.29 is 14.3 Å². The van der Waals surface area contributed by atoms with Crippen molar-refractivity contribution >= 4 is 11.8 Å². The van der Waals surface area contributed by atoms with Gasteiger partial charge in [0.15, 0.2) is 0 Å². The predicted octanol–water partition coefficient (Wildman–Crippen LogP) is 3.58. The van der Waals surface area contributed by atoms with Gasteiger partial charge in [-0.05, 0) is 23.3 Å². The van der Waals surface area contributed by atoms with Crippen LogP contribution in [-0.2, 0) is 24.3 Å². The molecule has 0 aliphatic carbocycles. The Balaban J connectivity index is 1.56. The van der Waals surface area contributed by atoms with Gasteiger partial charge in [-0.3, -0.25) is 9.59 Å². The lowest BCUT2D eigenvalue weighted by atomic mass is 10.0. The summed E-state index contributed by atoms with van der Waals surface area (Å²) in [5, 5.41) is 3.01. The number of methoxy groups -OCH3 is 1. The van der Waals surface area contributed by atoms with Crippen LogP contribution in [0.3, 0.4) is 0 Å². The zero-order chi connectivity index (χ0) is 20.9. The molecule has 0 unspecified atom stereocenters. The maximum Gasteiger partial charge on any atom is 0.255 e. The Bertz CT molecular complexity index is 1050. The number of carbonyl (C=O) groups excluding carboxylic acids is 2. The summed E-state index contributed by atoms with van der Waals surface area (Å²) in [5.74, 6) is 0.451. The first-order valence-corrected chi connectivity index (χ1v) is 10.00. The van der Waals surface area contributed by atoms with Crippen molar-refractivity contribution in [2.75, 3.05) is 7.11 Å². The monoisotopic (exact) mass is 400 g/mol. The fraction of sp³-hybridized carbons (Fsp3) is 0.200. The minimum Gasteiger partial charge on any atom is -0.496 e. The van der Waals surface area contributed by atoms with Crippen molar-refractivity contribution in [2.24, 2.45) is 0 Å². The third-order valence-corrected chi connectivity index (χ3v) is 5.45. The molecule has 152 valence electrons. The Kier molecular flexibility index (Phi) is 5.80. The lowest BCUT2D eigenvalue weighted by Gasteiger charge is -2.27. The highest BCUT2D eigenvalue weighted by atomic mass is 16.5. The molecule has 0 aromatic heterocycles. The molecule has 0 saturated carbocycles. The summed E-state index contributed by atoms with van der Waals surface area (Å²) in [6.45, 7) is 0.775. The molecule has 2 amide bonds. The zero-order valence-electron chi connectivity index (χ0n) is 16.9. The molecule has 1 aliphatic heterocycles. The minimum absolute atomic E-state index is 0.0982. The maximum atomic E-state index is 13.3. The van der Waals surface area contributed by atoms with Gasteiger partial charge < -0.3 is 15.0 Å². The van der Waals surface area contributed by atoms with Gasteiger partial charge >= 0.3 is 0 Å². The normalized spacial score (nSPS) is 13.6. The molecule has 1 N–H and O–H groups in total. The van der Waals surface area contributed by atoms with E-state index in [1.54, 1.807) is 12.0 Å². The third-order valence-electron chi connectivity index (χ3n) is 5.45. The van der Waals surface area contributed by atoms with E-state index in [0.29, 0.717) is 25.1 Å². The molecule has 3 aromatic carbocycles. The topological polar surface area (TPSA) is 58.6 Å². The van der Waals surface area contributed by atoms with Gasteiger partial charge in [-0.25, -0.2) is 0 Å². The van der Waals surface area contributed by atoms with Gasteiger partial charge in [-0.15, -0.1) is 0 Å². The number of benzene rings is 3. The van der Waals surface area contributed by atoms with E-state index in [4.69, 9.17) is 4.74 Å². The SMILES string of the molecule is COc1ccccc1CNC(=O)[C@H](Cc1ccccc1)N1Cc2ccccc2C1=O. The van der Waals surface area contributed by atoms with Crippen LogP contribution < -0.4 is 10.1 Å². The van der Waals surface area contributed by atoms with Crippen molar-refractivity contribution in [3.05, 3.63) is 101 Å². The first kappa shape index (κ1) is 19.7. The highest BCUT2D eigenvalue weighted by molar-refractivity contribution is 6.01. The molecule has 0 spiro atoms. The van der Waals surface area contributed by atoms with Gasteiger partial charge in [0.2, 0.25) is 5.91 Å². The lowest BCUT2D eigenvalue weighted by molar-refractivity contribution is -0.125. The van der Waals surface area contributed by atoms with E-state index in [1.807, 2.05) is 78.9 Å². The second kappa shape index (κ2) is 8.82. The third kappa shape index (κ3) is 4.06. The van der Waals surface area contributed by atoms with E-state index in [2.05, 4.69) is 5.32 Å². The van der Waals surface area contributed by atoms with E-state index < -0.39 is 6.04 Å². The highest BCUT2D eigenvalue weighted by Crippen LogP contribution is 2.26. The molecule has 1 heterocycles. The van der Waals surface area contributed by atoms with Gasteiger partial charge in [-0.2, -0.15) is 0 Å². The summed E-state index contributed by atoms with van der Waals surface area (Å²) in [6, 6.07) is 24.3. The number of amides is 2. The molecule has 30 heavy (non-hydrogen) atoms. The molecule has 0 fully saturated rings. The zero-order valence-corrected chi connectivity index (χ0v) is 16.9. The van der Waals surface area contributed by atoms with Crippen LogP contribution in [0.5, 0.6) is 5.75 Å². The van der Waals surface area contributed by atoms with Gasteiger partial charge in [0, 0.05) is 30.6 Å². The molecule has 0 bridgehead atoms. The van der Waals surface area contributed by atoms with Gasteiger partial charge in [0.1, 0.15) is 11.8 Å². The Labute approximate surface area is 176 Å². The van der Waals surface area contributed by atoms with Gasteiger partial charge in [-0.1, -0.05) is 66.7 Å². The quantitative estimate of drug-likeness (QED) is 0.660. The molecule has 0 saturated heterocycles. The second-order valence-corrected chi connectivity index (χ2v) is 7.33. The maximum absolute atomic E-state index is 13.3. The minimum atomic E-state index is -0.595. The number of nitrogens with one attached hydrogen (secondary N) is 1. The summed E-state index contributed by atoms with van der Waals surface area (Å²) in [4.78, 5) is 28.0. The molecule has 0 radical (unpaired) electrons. The molecule has 1 atom stereocenters. The highest BCUT2D eigenvalue weighted by Gasteiger charge is 2.36. The predicted molar refractivity (Wildman–Crippen MR) is 115 cm³/mol. The van der Waals surface area contributed by atoms with E-state index in [0.717, 1.165) is 22.4 Å².